The fourth-order valence-electron chi connectivity index (χ4n) is 1.79. The van der Waals surface area contributed by atoms with Crippen LogP contribution in [0.2, 0.25) is 0 Å². The van der Waals surface area contributed by atoms with E-state index >= 15 is 0 Å². The molecule has 0 saturated carbocycles. The molecular weight excluding hydrogens is 257 g/mol. The van der Waals surface area contributed by atoms with Gasteiger partial charge in [0, 0.05) is 0 Å². The summed E-state index contributed by atoms with van der Waals surface area (Å²) in [4.78, 5) is 21.8. The molecule has 0 N–H and O–H groups in total. The molecule has 19 heavy (non-hydrogen) atoms. The first kappa shape index (κ1) is 15.1. The number of aryl methyl sites for hydroxylation is 1. The van der Waals surface area contributed by atoms with Crippen molar-refractivity contribution in [1.29, 1.82) is 0 Å². The Morgan fingerprint density at radius 2 is 2.11 bits per heavy atom. The van der Waals surface area contributed by atoms with Gasteiger partial charge in [-0.2, -0.15) is 5.10 Å². The highest BCUT2D eigenvalue weighted by Gasteiger charge is 2.32. The molecule has 1 atom stereocenters. The molecule has 0 spiro atoms. The Labute approximate surface area is 109 Å². The zero-order valence-electron chi connectivity index (χ0n) is 11.1. The van der Waals surface area contributed by atoms with Gasteiger partial charge in [-0.05, 0) is 19.8 Å². The first-order valence-electron chi connectivity index (χ1n) is 6.03. The number of carbonyl (C=O) groups excluding carboxylic acids is 1. The molecule has 0 fully saturated rings. The largest absolute Gasteiger partial charge is 0.462 e. The third kappa shape index (κ3) is 2.88. The van der Waals surface area contributed by atoms with Crippen molar-refractivity contribution in [3.63, 3.8) is 0 Å². The Hall–Kier alpha value is -1.99. The Morgan fingerprint density at radius 1 is 1.47 bits per heavy atom. The summed E-state index contributed by atoms with van der Waals surface area (Å²) in [5, 5.41) is 14.8. The summed E-state index contributed by atoms with van der Waals surface area (Å²) in [6.07, 6.45) is -1.68. The van der Waals surface area contributed by atoms with Crippen LogP contribution in [0.3, 0.4) is 0 Å². The normalized spacial score (nSPS) is 12.2. The SMILES string of the molecule is CCOC(=O)C(F)n1nc(CC)c([N+](=O)[O-])c1CC. The molecule has 1 heterocycles. The maximum Gasteiger partial charge on any atom is 0.363 e. The minimum atomic E-state index is -2.16. The van der Waals surface area contributed by atoms with E-state index in [1.165, 1.54) is 0 Å². The molecule has 1 unspecified atom stereocenters. The molecular formula is C11H16FN3O4. The lowest BCUT2D eigenvalue weighted by atomic mass is 10.2. The fraction of sp³-hybridized carbons (Fsp3) is 0.636. The number of carbonyl (C=O) groups is 1. The topological polar surface area (TPSA) is 87.3 Å². The number of nitro groups is 1. The van der Waals surface area contributed by atoms with Gasteiger partial charge in [-0.25, -0.2) is 13.9 Å². The van der Waals surface area contributed by atoms with Crippen LogP contribution in [0.25, 0.3) is 0 Å². The minimum Gasteiger partial charge on any atom is -0.462 e. The van der Waals surface area contributed by atoms with Gasteiger partial charge < -0.3 is 4.74 Å². The molecule has 0 aromatic carbocycles. The number of alkyl halides is 1. The monoisotopic (exact) mass is 273 g/mol. The van der Waals surface area contributed by atoms with Crippen molar-refractivity contribution in [3.8, 4) is 0 Å². The number of rotatable bonds is 6. The van der Waals surface area contributed by atoms with Gasteiger partial charge >= 0.3 is 11.7 Å². The minimum absolute atomic E-state index is 0.0324. The summed E-state index contributed by atoms with van der Waals surface area (Å²) in [7, 11) is 0. The molecule has 0 saturated heterocycles. The average Bonchev–Trinajstić information content (AvgIpc) is 2.76. The number of hydrogen-bond acceptors (Lipinski definition) is 5. The van der Waals surface area contributed by atoms with Gasteiger partial charge in [0.2, 0.25) is 0 Å². The third-order valence-corrected chi connectivity index (χ3v) is 2.60. The maximum absolute atomic E-state index is 14.0. The zero-order valence-corrected chi connectivity index (χ0v) is 11.1. The lowest BCUT2D eigenvalue weighted by Gasteiger charge is -2.09. The van der Waals surface area contributed by atoms with Crippen LogP contribution in [0.5, 0.6) is 0 Å². The molecule has 0 aliphatic carbocycles. The number of nitrogens with zero attached hydrogens (tertiary/aromatic N) is 3. The Morgan fingerprint density at radius 3 is 2.53 bits per heavy atom. The summed E-state index contributed by atoms with van der Waals surface area (Å²) in [5.74, 6) is -1.10. The van der Waals surface area contributed by atoms with Gasteiger partial charge in [-0.1, -0.05) is 13.8 Å². The first-order chi connectivity index (χ1) is 8.97. The fourth-order valence-corrected chi connectivity index (χ4v) is 1.79. The van der Waals surface area contributed by atoms with Crippen LogP contribution >= 0.6 is 0 Å². The Bertz CT molecular complexity index is 487. The second kappa shape index (κ2) is 6.26. The average molecular weight is 273 g/mol. The quantitative estimate of drug-likeness (QED) is 0.449. The predicted octanol–water partition coefficient (Wildman–Crippen LogP) is 1.95. The molecule has 0 amide bonds. The second-order valence-electron chi connectivity index (χ2n) is 3.74. The molecule has 0 aliphatic heterocycles. The third-order valence-electron chi connectivity index (χ3n) is 2.60. The van der Waals surface area contributed by atoms with Crippen molar-refractivity contribution in [2.24, 2.45) is 0 Å². The molecule has 7 nitrogen and oxygen atoms in total. The van der Waals surface area contributed by atoms with Crippen LogP contribution in [0.4, 0.5) is 10.1 Å². The van der Waals surface area contributed by atoms with Crippen molar-refractivity contribution >= 4 is 11.7 Å². The van der Waals surface area contributed by atoms with Crippen molar-refractivity contribution < 1.29 is 18.8 Å². The Balaban J connectivity index is 3.28. The number of esters is 1. The standard InChI is InChI=1S/C11H16FN3O4/c1-4-7-9(15(17)18)8(5-2)14(13-7)10(12)11(16)19-6-3/h10H,4-6H2,1-3H3. The van der Waals surface area contributed by atoms with E-state index < -0.39 is 17.2 Å². The highest BCUT2D eigenvalue weighted by atomic mass is 19.1. The van der Waals surface area contributed by atoms with Gasteiger partial charge in [0.05, 0.1) is 11.5 Å². The number of halogens is 1. The molecule has 0 radical (unpaired) electrons. The lowest BCUT2D eigenvalue weighted by Crippen LogP contribution is -2.21. The highest BCUT2D eigenvalue weighted by Crippen LogP contribution is 2.28. The molecule has 0 aliphatic rings. The first-order valence-corrected chi connectivity index (χ1v) is 6.03. The second-order valence-corrected chi connectivity index (χ2v) is 3.74. The number of aromatic nitrogens is 2. The summed E-state index contributed by atoms with van der Waals surface area (Å²) in [5.41, 5.74) is 0.0214. The van der Waals surface area contributed by atoms with Crippen molar-refractivity contribution in [1.82, 2.24) is 9.78 Å². The summed E-state index contributed by atoms with van der Waals surface area (Å²) >= 11 is 0. The van der Waals surface area contributed by atoms with E-state index in [0.29, 0.717) is 0 Å². The van der Waals surface area contributed by atoms with Crippen LogP contribution in [-0.4, -0.2) is 27.3 Å². The molecule has 1 aromatic rings. The lowest BCUT2D eigenvalue weighted by molar-refractivity contribution is -0.386. The van der Waals surface area contributed by atoms with Gasteiger partial charge in [-0.15, -0.1) is 0 Å². The number of ether oxygens (including phenoxy) is 1. The van der Waals surface area contributed by atoms with Gasteiger partial charge in [0.25, 0.3) is 6.30 Å². The summed E-state index contributed by atoms with van der Waals surface area (Å²) in [6, 6.07) is 0. The smallest absolute Gasteiger partial charge is 0.363 e. The molecule has 1 rings (SSSR count). The van der Waals surface area contributed by atoms with E-state index in [9.17, 15) is 19.3 Å². The van der Waals surface area contributed by atoms with E-state index in [0.717, 1.165) is 4.68 Å². The molecule has 106 valence electrons. The van der Waals surface area contributed by atoms with Crippen molar-refractivity contribution in [2.75, 3.05) is 6.61 Å². The predicted molar refractivity (Wildman–Crippen MR) is 64.4 cm³/mol. The summed E-state index contributed by atoms with van der Waals surface area (Å²) < 4.78 is 19.3. The molecule has 0 bridgehead atoms. The van der Waals surface area contributed by atoms with Crippen LogP contribution in [0.1, 0.15) is 38.5 Å². The zero-order chi connectivity index (χ0) is 14.6. The van der Waals surface area contributed by atoms with Crippen LogP contribution in [-0.2, 0) is 22.4 Å². The van der Waals surface area contributed by atoms with E-state index in [1.54, 1.807) is 20.8 Å². The molecule has 1 aromatic heterocycles. The summed E-state index contributed by atoms with van der Waals surface area (Å²) in [6.45, 7) is 4.90. The maximum atomic E-state index is 14.0. The van der Waals surface area contributed by atoms with Crippen LogP contribution < -0.4 is 0 Å². The van der Waals surface area contributed by atoms with Crippen LogP contribution in [0.15, 0.2) is 0 Å². The number of hydrogen-bond donors (Lipinski definition) is 0. The van der Waals surface area contributed by atoms with Gasteiger partial charge in [0.1, 0.15) is 11.4 Å². The van der Waals surface area contributed by atoms with Gasteiger partial charge in [0.15, 0.2) is 0 Å². The van der Waals surface area contributed by atoms with Crippen molar-refractivity contribution in [2.45, 2.75) is 39.9 Å². The molecule has 8 heteroatoms. The van der Waals surface area contributed by atoms with Crippen molar-refractivity contribution in [3.05, 3.63) is 21.5 Å². The highest BCUT2D eigenvalue weighted by molar-refractivity contribution is 5.72. The van der Waals surface area contributed by atoms with E-state index in [2.05, 4.69) is 9.84 Å². The van der Waals surface area contributed by atoms with E-state index in [4.69, 9.17) is 0 Å². The van der Waals surface area contributed by atoms with E-state index in [-0.39, 0.29) is 36.5 Å². The van der Waals surface area contributed by atoms with Gasteiger partial charge in [-0.3, -0.25) is 10.1 Å². The van der Waals surface area contributed by atoms with E-state index in [1.807, 2.05) is 0 Å². The van der Waals surface area contributed by atoms with Crippen LogP contribution in [0, 0.1) is 10.1 Å². The Kier molecular flexibility index (Phi) is 4.96.